The molecule has 0 aliphatic rings. The van der Waals surface area contributed by atoms with Gasteiger partial charge in [0.1, 0.15) is 0 Å². The predicted molar refractivity (Wildman–Crippen MR) is 125 cm³/mol. The lowest BCUT2D eigenvalue weighted by molar-refractivity contribution is -0.118. The molecule has 0 radical (unpaired) electrons. The molecule has 0 unspecified atom stereocenters. The average molecular weight is 444 g/mol. The Labute approximate surface area is 191 Å². The van der Waals surface area contributed by atoms with Gasteiger partial charge in [0.05, 0.1) is 29.7 Å². The maximum atomic E-state index is 12.5. The van der Waals surface area contributed by atoms with Gasteiger partial charge in [-0.2, -0.15) is 10.1 Å². The highest BCUT2D eigenvalue weighted by Gasteiger charge is 2.17. The number of hydrogen-bond acceptors (Lipinski definition) is 6. The Kier molecular flexibility index (Phi) is 6.08. The molecule has 1 amide bonds. The predicted octanol–water partition coefficient (Wildman–Crippen LogP) is 4.15. The standard InChI is InChI=1S/C25H24N4O4/c1-15-9-11-18(12-10-15)29-24-23(17(3)28-29)16(2)13-22(27-24)33-14-21(30)26-20-8-6-5-7-19(20)25(31)32-4/h5-13H,14H2,1-4H3,(H,26,30). The smallest absolute Gasteiger partial charge is 0.339 e. The summed E-state index contributed by atoms with van der Waals surface area (Å²) in [5, 5.41) is 8.28. The Hall–Kier alpha value is -4.20. The van der Waals surface area contributed by atoms with Crippen LogP contribution in [0.15, 0.2) is 54.6 Å². The zero-order valence-corrected chi connectivity index (χ0v) is 18.9. The Morgan fingerprint density at radius 1 is 1.03 bits per heavy atom. The zero-order valence-electron chi connectivity index (χ0n) is 18.9. The van der Waals surface area contributed by atoms with Crippen molar-refractivity contribution in [2.24, 2.45) is 0 Å². The maximum absolute atomic E-state index is 12.5. The summed E-state index contributed by atoms with van der Waals surface area (Å²) in [5.74, 6) is -0.645. The van der Waals surface area contributed by atoms with Crippen molar-refractivity contribution >= 4 is 28.6 Å². The molecule has 0 atom stereocenters. The number of ether oxygens (including phenoxy) is 2. The molecule has 0 bridgehead atoms. The van der Waals surface area contributed by atoms with Crippen molar-refractivity contribution in [2.75, 3.05) is 19.0 Å². The van der Waals surface area contributed by atoms with E-state index in [0.717, 1.165) is 27.9 Å². The quantitative estimate of drug-likeness (QED) is 0.449. The van der Waals surface area contributed by atoms with Crippen molar-refractivity contribution in [1.82, 2.24) is 14.8 Å². The van der Waals surface area contributed by atoms with Gasteiger partial charge in [-0.3, -0.25) is 4.79 Å². The third kappa shape index (κ3) is 4.55. The fourth-order valence-electron chi connectivity index (χ4n) is 3.62. The van der Waals surface area contributed by atoms with E-state index in [1.54, 1.807) is 35.0 Å². The van der Waals surface area contributed by atoms with E-state index in [-0.39, 0.29) is 12.2 Å². The number of carbonyl (C=O) groups excluding carboxylic acids is 2. The monoisotopic (exact) mass is 444 g/mol. The van der Waals surface area contributed by atoms with E-state index in [1.807, 2.05) is 45.0 Å². The zero-order chi connectivity index (χ0) is 23.5. The largest absolute Gasteiger partial charge is 0.467 e. The first-order chi connectivity index (χ1) is 15.9. The number of nitrogens with one attached hydrogen (secondary N) is 1. The molecule has 2 aromatic carbocycles. The molecule has 33 heavy (non-hydrogen) atoms. The van der Waals surface area contributed by atoms with Crippen LogP contribution in [0.3, 0.4) is 0 Å². The molecular formula is C25H24N4O4. The molecule has 0 spiro atoms. The first-order valence-electron chi connectivity index (χ1n) is 10.4. The maximum Gasteiger partial charge on any atom is 0.339 e. The minimum Gasteiger partial charge on any atom is -0.467 e. The lowest BCUT2D eigenvalue weighted by Crippen LogP contribution is -2.22. The van der Waals surface area contributed by atoms with Crippen LogP contribution in [0.5, 0.6) is 5.88 Å². The normalized spacial score (nSPS) is 10.8. The topological polar surface area (TPSA) is 95.3 Å². The fraction of sp³-hybridized carbons (Fsp3) is 0.200. The minimum atomic E-state index is -0.533. The number of esters is 1. The van der Waals surface area contributed by atoms with Gasteiger partial charge in [-0.05, 0) is 50.6 Å². The third-order valence-electron chi connectivity index (χ3n) is 5.22. The number of benzene rings is 2. The number of rotatable bonds is 6. The molecule has 2 heterocycles. The Balaban J connectivity index is 1.56. The average Bonchev–Trinajstić information content (AvgIpc) is 3.14. The molecule has 168 valence electrons. The third-order valence-corrected chi connectivity index (χ3v) is 5.22. The molecule has 8 heteroatoms. The van der Waals surface area contributed by atoms with Gasteiger partial charge in [0.25, 0.3) is 5.91 Å². The van der Waals surface area contributed by atoms with E-state index in [1.165, 1.54) is 7.11 Å². The molecule has 4 rings (SSSR count). The number of hydrogen-bond donors (Lipinski definition) is 1. The Morgan fingerprint density at radius 3 is 2.48 bits per heavy atom. The van der Waals surface area contributed by atoms with Crippen molar-refractivity contribution in [2.45, 2.75) is 20.8 Å². The van der Waals surface area contributed by atoms with Gasteiger partial charge in [0.2, 0.25) is 5.88 Å². The number of nitrogens with zero attached hydrogens (tertiary/aromatic N) is 3. The van der Waals surface area contributed by atoms with Crippen LogP contribution in [0.4, 0.5) is 5.69 Å². The molecule has 0 fully saturated rings. The summed E-state index contributed by atoms with van der Waals surface area (Å²) in [6, 6.07) is 16.4. The highest BCUT2D eigenvalue weighted by Crippen LogP contribution is 2.27. The fourth-order valence-corrected chi connectivity index (χ4v) is 3.62. The van der Waals surface area contributed by atoms with E-state index in [2.05, 4.69) is 15.4 Å². The molecule has 0 aliphatic heterocycles. The molecule has 0 aliphatic carbocycles. The van der Waals surface area contributed by atoms with Gasteiger partial charge in [-0.15, -0.1) is 0 Å². The lowest BCUT2D eigenvalue weighted by Gasteiger charge is -2.11. The summed E-state index contributed by atoms with van der Waals surface area (Å²) in [6.07, 6.45) is 0. The van der Waals surface area contributed by atoms with E-state index in [0.29, 0.717) is 17.2 Å². The number of aromatic nitrogens is 3. The van der Waals surface area contributed by atoms with Crippen LogP contribution < -0.4 is 10.1 Å². The van der Waals surface area contributed by atoms with Crippen LogP contribution in [0.1, 0.15) is 27.2 Å². The summed E-state index contributed by atoms with van der Waals surface area (Å²) < 4.78 is 12.2. The number of carbonyl (C=O) groups is 2. The summed E-state index contributed by atoms with van der Waals surface area (Å²) in [5.41, 5.74) is 5.12. The summed E-state index contributed by atoms with van der Waals surface area (Å²) in [7, 11) is 1.29. The van der Waals surface area contributed by atoms with Crippen molar-refractivity contribution in [1.29, 1.82) is 0 Å². The second-order valence-electron chi connectivity index (χ2n) is 7.68. The molecule has 1 N–H and O–H groups in total. The van der Waals surface area contributed by atoms with E-state index < -0.39 is 11.9 Å². The SMILES string of the molecule is COC(=O)c1ccccc1NC(=O)COc1cc(C)c2c(C)nn(-c3ccc(C)cc3)c2n1. The number of methoxy groups -OCH3 is 1. The van der Waals surface area contributed by atoms with Crippen molar-refractivity contribution in [3.63, 3.8) is 0 Å². The molecule has 0 saturated carbocycles. The molecule has 4 aromatic rings. The van der Waals surface area contributed by atoms with Crippen LogP contribution in [0, 0.1) is 20.8 Å². The summed E-state index contributed by atoms with van der Waals surface area (Å²) >= 11 is 0. The van der Waals surface area contributed by atoms with Gasteiger partial charge in [-0.1, -0.05) is 29.8 Å². The summed E-state index contributed by atoms with van der Waals surface area (Å²) in [4.78, 5) is 29.0. The first-order valence-corrected chi connectivity index (χ1v) is 10.4. The van der Waals surface area contributed by atoms with Crippen LogP contribution in [0.2, 0.25) is 0 Å². The van der Waals surface area contributed by atoms with Gasteiger partial charge < -0.3 is 14.8 Å². The molecular weight excluding hydrogens is 420 g/mol. The van der Waals surface area contributed by atoms with Gasteiger partial charge >= 0.3 is 5.97 Å². The van der Waals surface area contributed by atoms with Gasteiger partial charge in [0, 0.05) is 11.5 Å². The van der Waals surface area contributed by atoms with Crippen LogP contribution in [-0.4, -0.2) is 40.4 Å². The number of aryl methyl sites for hydroxylation is 3. The second kappa shape index (κ2) is 9.12. The highest BCUT2D eigenvalue weighted by molar-refractivity contribution is 6.01. The van der Waals surface area contributed by atoms with E-state index >= 15 is 0 Å². The number of amides is 1. The number of anilines is 1. The summed E-state index contributed by atoms with van der Waals surface area (Å²) in [6.45, 7) is 5.65. The molecule has 2 aromatic heterocycles. The lowest BCUT2D eigenvalue weighted by atomic mass is 10.1. The van der Waals surface area contributed by atoms with Crippen LogP contribution in [0.25, 0.3) is 16.7 Å². The van der Waals surface area contributed by atoms with Crippen molar-refractivity contribution in [3.05, 3.63) is 77.0 Å². The van der Waals surface area contributed by atoms with Gasteiger partial charge in [0.15, 0.2) is 12.3 Å². The highest BCUT2D eigenvalue weighted by atomic mass is 16.5. The second-order valence-corrected chi connectivity index (χ2v) is 7.68. The van der Waals surface area contributed by atoms with Crippen LogP contribution >= 0.6 is 0 Å². The Morgan fingerprint density at radius 2 is 1.76 bits per heavy atom. The number of para-hydroxylation sites is 1. The Bertz CT molecular complexity index is 1340. The van der Waals surface area contributed by atoms with Crippen molar-refractivity contribution < 1.29 is 19.1 Å². The van der Waals surface area contributed by atoms with Crippen molar-refractivity contribution in [3.8, 4) is 11.6 Å². The van der Waals surface area contributed by atoms with E-state index in [4.69, 9.17) is 9.47 Å². The van der Waals surface area contributed by atoms with Gasteiger partial charge in [-0.25, -0.2) is 9.48 Å². The molecule has 8 nitrogen and oxygen atoms in total. The minimum absolute atomic E-state index is 0.265. The van der Waals surface area contributed by atoms with E-state index in [9.17, 15) is 9.59 Å². The number of pyridine rings is 1. The van der Waals surface area contributed by atoms with Crippen LogP contribution in [-0.2, 0) is 9.53 Å². The molecule has 0 saturated heterocycles. The number of fused-ring (bicyclic) bond motifs is 1. The first kappa shape index (κ1) is 22.0.